The molecule has 0 saturated carbocycles. The van der Waals surface area contributed by atoms with Gasteiger partial charge in [-0.05, 0) is 23.8 Å². The highest BCUT2D eigenvalue weighted by Gasteiger charge is 2.22. The number of carbonyl (C=O) groups excluding carboxylic acids is 2. The topological polar surface area (TPSA) is 81.4 Å². The number of carbonyl (C=O) groups is 2. The van der Waals surface area contributed by atoms with Gasteiger partial charge in [0.1, 0.15) is 5.69 Å². The Morgan fingerprint density at radius 1 is 1.19 bits per heavy atom. The van der Waals surface area contributed by atoms with Gasteiger partial charge in [-0.15, -0.1) is 0 Å². The van der Waals surface area contributed by atoms with E-state index in [4.69, 9.17) is 20.9 Å². The number of esters is 1. The first kappa shape index (κ1) is 17.9. The first-order chi connectivity index (χ1) is 12.6. The van der Waals surface area contributed by atoms with Crippen LogP contribution in [-0.4, -0.2) is 24.1 Å². The van der Waals surface area contributed by atoms with Crippen LogP contribution >= 0.6 is 11.6 Å². The Balaban J connectivity index is 1.78. The lowest BCUT2D eigenvalue weighted by Crippen LogP contribution is -2.32. The summed E-state index contributed by atoms with van der Waals surface area (Å²) in [5.74, 6) is -0.736. The molecule has 1 atom stereocenters. The maximum absolute atomic E-state index is 12.5. The number of hydrogen-bond acceptors (Lipinski definition) is 5. The summed E-state index contributed by atoms with van der Waals surface area (Å²) in [6.45, 7) is 0. The molecular formula is C19H17ClN2O4. The van der Waals surface area contributed by atoms with E-state index in [0.29, 0.717) is 21.9 Å². The number of aromatic nitrogens is 1. The van der Waals surface area contributed by atoms with Crippen LogP contribution in [0.5, 0.6) is 0 Å². The second-order valence-electron chi connectivity index (χ2n) is 5.72. The van der Waals surface area contributed by atoms with Gasteiger partial charge in [-0.25, -0.2) is 0 Å². The van der Waals surface area contributed by atoms with Gasteiger partial charge in [0.15, 0.2) is 5.58 Å². The third-order valence-corrected chi connectivity index (χ3v) is 4.34. The van der Waals surface area contributed by atoms with Crippen molar-refractivity contribution >= 4 is 34.4 Å². The number of halogens is 1. The normalized spacial score (nSPS) is 11.9. The predicted octanol–water partition coefficient (Wildman–Crippen LogP) is 3.44. The summed E-state index contributed by atoms with van der Waals surface area (Å²) in [4.78, 5) is 24.3. The predicted molar refractivity (Wildman–Crippen MR) is 96.7 cm³/mol. The average molecular weight is 373 g/mol. The van der Waals surface area contributed by atoms with Crippen molar-refractivity contribution in [2.75, 3.05) is 7.11 Å². The molecule has 1 heterocycles. The van der Waals surface area contributed by atoms with Gasteiger partial charge in [-0.2, -0.15) is 0 Å². The minimum Gasteiger partial charge on any atom is -0.469 e. The largest absolute Gasteiger partial charge is 0.469 e. The third kappa shape index (κ3) is 4.03. The van der Waals surface area contributed by atoms with Crippen molar-refractivity contribution in [2.45, 2.75) is 18.9 Å². The molecule has 1 aromatic heterocycles. The van der Waals surface area contributed by atoms with Crippen LogP contribution in [0, 0.1) is 0 Å². The van der Waals surface area contributed by atoms with Crippen molar-refractivity contribution in [3.8, 4) is 0 Å². The minimum atomic E-state index is -0.596. The zero-order valence-corrected chi connectivity index (χ0v) is 14.8. The molecule has 1 amide bonds. The van der Waals surface area contributed by atoms with Gasteiger partial charge in [-0.3, -0.25) is 9.59 Å². The number of amides is 1. The van der Waals surface area contributed by atoms with Gasteiger partial charge < -0.3 is 14.6 Å². The highest BCUT2D eigenvalue weighted by molar-refractivity contribution is 6.31. The van der Waals surface area contributed by atoms with Crippen molar-refractivity contribution in [1.82, 2.24) is 10.5 Å². The van der Waals surface area contributed by atoms with Gasteiger partial charge >= 0.3 is 5.97 Å². The molecule has 0 radical (unpaired) electrons. The number of hydrogen-bond donors (Lipinski definition) is 1. The Kier molecular flexibility index (Phi) is 5.53. The number of para-hydroxylation sites is 1. The molecule has 0 fully saturated rings. The number of nitrogens with zero attached hydrogens (tertiary/aromatic N) is 1. The van der Waals surface area contributed by atoms with Crippen LogP contribution in [0.15, 0.2) is 53.1 Å². The van der Waals surface area contributed by atoms with Crippen LogP contribution in [0.3, 0.4) is 0 Å². The lowest BCUT2D eigenvalue weighted by Gasteiger charge is -2.19. The molecule has 0 bridgehead atoms. The molecule has 2 aromatic carbocycles. The van der Waals surface area contributed by atoms with Crippen LogP contribution in [0.25, 0.3) is 11.0 Å². The zero-order valence-electron chi connectivity index (χ0n) is 14.1. The number of methoxy groups -OCH3 is 1. The summed E-state index contributed by atoms with van der Waals surface area (Å²) in [5.41, 5.74) is 1.81. The van der Waals surface area contributed by atoms with Gasteiger partial charge in [0.25, 0.3) is 0 Å². The Hall–Kier alpha value is -2.86. The summed E-state index contributed by atoms with van der Waals surface area (Å²) in [6, 6.07) is 13.8. The molecule has 1 unspecified atom stereocenters. The van der Waals surface area contributed by atoms with Crippen LogP contribution in [-0.2, 0) is 20.7 Å². The lowest BCUT2D eigenvalue weighted by atomic mass is 10.0. The molecule has 7 heteroatoms. The maximum Gasteiger partial charge on any atom is 0.307 e. The number of benzene rings is 2. The molecule has 134 valence electrons. The number of rotatable bonds is 6. The van der Waals surface area contributed by atoms with E-state index in [9.17, 15) is 9.59 Å². The Morgan fingerprint density at radius 3 is 2.69 bits per heavy atom. The fraction of sp³-hybridized carbons (Fsp3) is 0.211. The average Bonchev–Trinajstić information content (AvgIpc) is 3.04. The molecule has 0 aliphatic rings. The smallest absolute Gasteiger partial charge is 0.307 e. The summed E-state index contributed by atoms with van der Waals surface area (Å²) in [7, 11) is 1.30. The summed E-state index contributed by atoms with van der Waals surface area (Å²) in [6.07, 6.45) is 0.00464. The summed E-state index contributed by atoms with van der Waals surface area (Å²) >= 11 is 6.22. The second-order valence-corrected chi connectivity index (χ2v) is 6.13. The van der Waals surface area contributed by atoms with Crippen molar-refractivity contribution < 1.29 is 18.8 Å². The molecule has 0 spiro atoms. The summed E-state index contributed by atoms with van der Waals surface area (Å²) < 4.78 is 9.94. The van der Waals surface area contributed by atoms with Crippen LogP contribution in [0.4, 0.5) is 0 Å². The molecular weight excluding hydrogens is 356 g/mol. The molecule has 0 saturated heterocycles. The highest BCUT2D eigenvalue weighted by Crippen LogP contribution is 2.26. The molecule has 1 N–H and O–H groups in total. The fourth-order valence-corrected chi connectivity index (χ4v) is 2.98. The standard InChI is InChI=1S/C19H17ClN2O4/c1-25-19(24)11-15(12-6-2-4-8-14(12)20)21-18(23)10-16-13-7-3-5-9-17(13)26-22-16/h2-9,15H,10-11H2,1H3,(H,21,23). The van der Waals surface area contributed by atoms with Gasteiger partial charge in [0, 0.05) is 10.4 Å². The number of fused-ring (bicyclic) bond motifs is 1. The SMILES string of the molecule is COC(=O)CC(NC(=O)Cc1noc2ccccc12)c1ccccc1Cl. The van der Waals surface area contributed by atoms with Gasteiger partial charge in [-0.1, -0.05) is 47.1 Å². The van der Waals surface area contributed by atoms with Gasteiger partial charge in [0.2, 0.25) is 5.91 Å². The lowest BCUT2D eigenvalue weighted by molar-refractivity contribution is -0.141. The van der Waals surface area contributed by atoms with E-state index in [1.54, 1.807) is 30.3 Å². The van der Waals surface area contributed by atoms with E-state index in [0.717, 1.165) is 5.39 Å². The van der Waals surface area contributed by atoms with Crippen molar-refractivity contribution in [2.24, 2.45) is 0 Å². The second kappa shape index (κ2) is 8.01. The Bertz CT molecular complexity index is 938. The molecule has 26 heavy (non-hydrogen) atoms. The third-order valence-electron chi connectivity index (χ3n) is 3.99. The molecule has 0 aliphatic carbocycles. The van der Waals surface area contributed by atoms with Crippen LogP contribution < -0.4 is 5.32 Å². The Morgan fingerprint density at radius 2 is 1.92 bits per heavy atom. The molecule has 3 aromatic rings. The van der Waals surface area contributed by atoms with Crippen molar-refractivity contribution in [3.05, 3.63) is 64.8 Å². The van der Waals surface area contributed by atoms with Crippen LogP contribution in [0.1, 0.15) is 23.7 Å². The summed E-state index contributed by atoms with van der Waals surface area (Å²) in [5, 5.41) is 8.04. The first-order valence-electron chi connectivity index (χ1n) is 8.02. The maximum atomic E-state index is 12.5. The van der Waals surface area contributed by atoms with Crippen molar-refractivity contribution in [1.29, 1.82) is 0 Å². The molecule has 3 rings (SSSR count). The molecule has 6 nitrogen and oxygen atoms in total. The minimum absolute atomic E-state index is 0.0223. The van der Waals surface area contributed by atoms with E-state index < -0.39 is 12.0 Å². The zero-order chi connectivity index (χ0) is 18.5. The fourth-order valence-electron chi connectivity index (χ4n) is 2.71. The van der Waals surface area contributed by atoms with E-state index in [1.165, 1.54) is 7.11 Å². The van der Waals surface area contributed by atoms with Gasteiger partial charge in [0.05, 0.1) is 26.0 Å². The van der Waals surface area contributed by atoms with E-state index in [-0.39, 0.29) is 18.7 Å². The van der Waals surface area contributed by atoms with E-state index in [2.05, 4.69) is 10.5 Å². The molecule has 0 aliphatic heterocycles. The first-order valence-corrected chi connectivity index (χ1v) is 8.40. The van der Waals surface area contributed by atoms with E-state index in [1.807, 2.05) is 18.2 Å². The Labute approximate surface area is 155 Å². The monoisotopic (exact) mass is 372 g/mol. The quantitative estimate of drug-likeness (QED) is 0.670. The van der Waals surface area contributed by atoms with Crippen molar-refractivity contribution in [3.63, 3.8) is 0 Å². The van der Waals surface area contributed by atoms with E-state index >= 15 is 0 Å². The number of nitrogens with one attached hydrogen (secondary N) is 1. The highest BCUT2D eigenvalue weighted by atomic mass is 35.5. The van der Waals surface area contributed by atoms with Crippen LogP contribution in [0.2, 0.25) is 5.02 Å². The number of ether oxygens (including phenoxy) is 1.